The van der Waals surface area contributed by atoms with Gasteiger partial charge in [0.25, 0.3) is 5.91 Å². The molecule has 3 nitrogen and oxygen atoms in total. The molecule has 0 saturated carbocycles. The van der Waals surface area contributed by atoms with Crippen molar-refractivity contribution in [2.45, 2.75) is 25.8 Å². The monoisotopic (exact) mass is 264 g/mol. The largest absolute Gasteiger partial charge is 0.382 e. The lowest BCUT2D eigenvalue weighted by molar-refractivity contribution is 0.0956. The van der Waals surface area contributed by atoms with Crippen LogP contribution in [0, 0.1) is 0 Å². The first-order valence-electron chi connectivity index (χ1n) is 6.52. The van der Waals surface area contributed by atoms with E-state index in [0.717, 1.165) is 11.3 Å². The van der Waals surface area contributed by atoms with E-state index in [1.807, 2.05) is 43.0 Å². The second kappa shape index (κ2) is 6.69. The number of anilines is 1. The summed E-state index contributed by atoms with van der Waals surface area (Å²) in [4.78, 5) is 11.7. The molecule has 1 fully saturated rings. The van der Waals surface area contributed by atoms with E-state index in [-0.39, 0.29) is 5.91 Å². The van der Waals surface area contributed by atoms with Gasteiger partial charge in [0.05, 0.1) is 0 Å². The summed E-state index contributed by atoms with van der Waals surface area (Å²) < 4.78 is 0. The van der Waals surface area contributed by atoms with Crippen LogP contribution in [0.2, 0.25) is 0 Å². The topological polar surface area (TPSA) is 41.1 Å². The van der Waals surface area contributed by atoms with Crippen LogP contribution >= 0.6 is 11.8 Å². The molecule has 1 heterocycles. The number of amides is 1. The van der Waals surface area contributed by atoms with Crippen LogP contribution in [0.25, 0.3) is 0 Å². The molecule has 1 aliphatic rings. The van der Waals surface area contributed by atoms with E-state index in [1.54, 1.807) is 0 Å². The van der Waals surface area contributed by atoms with Crippen LogP contribution in [0.1, 0.15) is 30.1 Å². The molecule has 1 saturated heterocycles. The highest BCUT2D eigenvalue weighted by atomic mass is 32.2. The zero-order valence-corrected chi connectivity index (χ0v) is 11.6. The molecule has 1 aromatic rings. The summed E-state index contributed by atoms with van der Waals surface area (Å²) in [5.74, 6) is 2.46. The Morgan fingerprint density at radius 2 is 2.17 bits per heavy atom. The zero-order valence-electron chi connectivity index (χ0n) is 10.7. The number of hydrogen-bond donors (Lipinski definition) is 2. The molecule has 2 N–H and O–H groups in total. The minimum atomic E-state index is 0.000324. The molecule has 0 aliphatic carbocycles. The van der Waals surface area contributed by atoms with Crippen LogP contribution in [0.5, 0.6) is 0 Å². The van der Waals surface area contributed by atoms with Crippen molar-refractivity contribution in [1.82, 2.24) is 5.32 Å². The average molecular weight is 264 g/mol. The summed E-state index contributed by atoms with van der Waals surface area (Å²) in [5.41, 5.74) is 1.78. The SMILES string of the molecule is CCNC(=O)c1cccc(NC2CCSCC2)c1. The van der Waals surface area contributed by atoms with E-state index in [1.165, 1.54) is 24.3 Å². The predicted molar refractivity (Wildman–Crippen MR) is 78.4 cm³/mol. The van der Waals surface area contributed by atoms with Gasteiger partial charge < -0.3 is 10.6 Å². The van der Waals surface area contributed by atoms with Crippen molar-refractivity contribution in [3.05, 3.63) is 29.8 Å². The molecule has 1 aliphatic heterocycles. The number of benzene rings is 1. The summed E-state index contributed by atoms with van der Waals surface area (Å²) in [6.07, 6.45) is 2.41. The fourth-order valence-electron chi connectivity index (χ4n) is 2.09. The molecule has 0 spiro atoms. The molecular formula is C14H20N2OS. The van der Waals surface area contributed by atoms with Crippen LogP contribution in [-0.2, 0) is 0 Å². The number of hydrogen-bond acceptors (Lipinski definition) is 3. The highest BCUT2D eigenvalue weighted by molar-refractivity contribution is 7.99. The van der Waals surface area contributed by atoms with Gasteiger partial charge in [-0.15, -0.1) is 0 Å². The molecule has 0 radical (unpaired) electrons. The Balaban J connectivity index is 2.00. The summed E-state index contributed by atoms with van der Waals surface area (Å²) in [5, 5.41) is 6.35. The van der Waals surface area contributed by atoms with Crippen LogP contribution in [0.3, 0.4) is 0 Å². The van der Waals surface area contributed by atoms with E-state index in [0.29, 0.717) is 12.6 Å². The first-order chi connectivity index (χ1) is 8.79. The molecule has 0 atom stereocenters. The summed E-state index contributed by atoms with van der Waals surface area (Å²) >= 11 is 2.02. The molecule has 98 valence electrons. The van der Waals surface area contributed by atoms with Crippen LogP contribution in [-0.4, -0.2) is 30.0 Å². The third-order valence-corrected chi connectivity index (χ3v) is 4.10. The third-order valence-electron chi connectivity index (χ3n) is 3.05. The smallest absolute Gasteiger partial charge is 0.251 e. The minimum Gasteiger partial charge on any atom is -0.382 e. The van der Waals surface area contributed by atoms with Crippen LogP contribution in [0.4, 0.5) is 5.69 Å². The van der Waals surface area contributed by atoms with Gasteiger partial charge in [-0.3, -0.25) is 4.79 Å². The van der Waals surface area contributed by atoms with Gasteiger partial charge in [-0.1, -0.05) is 6.07 Å². The van der Waals surface area contributed by atoms with E-state index < -0.39 is 0 Å². The van der Waals surface area contributed by atoms with Gasteiger partial charge >= 0.3 is 0 Å². The second-order valence-corrected chi connectivity index (χ2v) is 5.70. The summed E-state index contributed by atoms with van der Waals surface area (Å²) in [7, 11) is 0. The Kier molecular flexibility index (Phi) is 4.93. The normalized spacial score (nSPS) is 16.3. The summed E-state index contributed by atoms with van der Waals surface area (Å²) in [6.45, 7) is 2.59. The number of rotatable bonds is 4. The lowest BCUT2D eigenvalue weighted by Crippen LogP contribution is -2.25. The molecule has 1 amide bonds. The molecule has 1 aromatic carbocycles. The van der Waals surface area contributed by atoms with Gasteiger partial charge in [0.1, 0.15) is 0 Å². The predicted octanol–water partition coefficient (Wildman–Crippen LogP) is 2.74. The van der Waals surface area contributed by atoms with Gasteiger partial charge in [-0.25, -0.2) is 0 Å². The highest BCUT2D eigenvalue weighted by Gasteiger charge is 2.13. The molecule has 4 heteroatoms. The van der Waals surface area contributed by atoms with E-state index in [9.17, 15) is 4.79 Å². The van der Waals surface area contributed by atoms with E-state index >= 15 is 0 Å². The van der Waals surface area contributed by atoms with Gasteiger partial charge in [0.2, 0.25) is 0 Å². The Morgan fingerprint density at radius 1 is 1.39 bits per heavy atom. The number of carbonyl (C=O) groups excluding carboxylic acids is 1. The molecule has 0 bridgehead atoms. The maximum absolute atomic E-state index is 11.7. The Bertz CT molecular complexity index is 403. The standard InChI is InChI=1S/C14H20N2OS/c1-2-15-14(17)11-4-3-5-13(10-11)16-12-6-8-18-9-7-12/h3-5,10,12,16H,2,6-9H2,1H3,(H,15,17). The van der Waals surface area contributed by atoms with Crippen molar-refractivity contribution in [2.24, 2.45) is 0 Å². The maximum Gasteiger partial charge on any atom is 0.251 e. The molecule has 0 aromatic heterocycles. The first-order valence-corrected chi connectivity index (χ1v) is 7.67. The Hall–Kier alpha value is -1.16. The van der Waals surface area contributed by atoms with Gasteiger partial charge in [0, 0.05) is 23.8 Å². The van der Waals surface area contributed by atoms with Crippen LogP contribution in [0.15, 0.2) is 24.3 Å². The lowest BCUT2D eigenvalue weighted by atomic mass is 10.1. The van der Waals surface area contributed by atoms with Gasteiger partial charge in [-0.2, -0.15) is 11.8 Å². The quantitative estimate of drug-likeness (QED) is 0.878. The third kappa shape index (κ3) is 3.67. The molecular weight excluding hydrogens is 244 g/mol. The van der Waals surface area contributed by atoms with Gasteiger partial charge in [0.15, 0.2) is 0 Å². The van der Waals surface area contributed by atoms with E-state index in [2.05, 4.69) is 10.6 Å². The fourth-order valence-corrected chi connectivity index (χ4v) is 3.20. The minimum absolute atomic E-state index is 0.000324. The fraction of sp³-hybridized carbons (Fsp3) is 0.500. The number of nitrogens with one attached hydrogen (secondary N) is 2. The second-order valence-electron chi connectivity index (χ2n) is 4.47. The zero-order chi connectivity index (χ0) is 12.8. The molecule has 2 rings (SSSR count). The average Bonchev–Trinajstić information content (AvgIpc) is 2.40. The summed E-state index contributed by atoms with van der Waals surface area (Å²) in [6, 6.07) is 8.31. The Morgan fingerprint density at radius 3 is 2.89 bits per heavy atom. The number of thioether (sulfide) groups is 1. The van der Waals surface area contributed by atoms with Crippen molar-refractivity contribution in [3.8, 4) is 0 Å². The first kappa shape index (κ1) is 13.3. The van der Waals surface area contributed by atoms with Crippen molar-refractivity contribution in [2.75, 3.05) is 23.4 Å². The molecule has 0 unspecified atom stereocenters. The van der Waals surface area contributed by atoms with Crippen LogP contribution < -0.4 is 10.6 Å². The van der Waals surface area contributed by atoms with Gasteiger partial charge in [-0.05, 0) is 49.5 Å². The maximum atomic E-state index is 11.7. The van der Waals surface area contributed by atoms with E-state index in [4.69, 9.17) is 0 Å². The number of carbonyl (C=O) groups is 1. The highest BCUT2D eigenvalue weighted by Crippen LogP contribution is 2.21. The molecule has 18 heavy (non-hydrogen) atoms. The van der Waals surface area contributed by atoms with Crippen molar-refractivity contribution in [3.63, 3.8) is 0 Å². The van der Waals surface area contributed by atoms with Crippen molar-refractivity contribution < 1.29 is 4.79 Å². The van der Waals surface area contributed by atoms with Crippen molar-refractivity contribution >= 4 is 23.4 Å². The lowest BCUT2D eigenvalue weighted by Gasteiger charge is -2.23. The Labute approximate surface area is 113 Å². The van der Waals surface area contributed by atoms with Crippen molar-refractivity contribution in [1.29, 1.82) is 0 Å².